The molecule has 0 amide bonds. The second kappa shape index (κ2) is 6.38. The van der Waals surface area contributed by atoms with Crippen molar-refractivity contribution >= 4 is 0 Å². The summed E-state index contributed by atoms with van der Waals surface area (Å²) in [5.41, 5.74) is 2.20. The smallest absolute Gasteiger partial charge is 0.147 e. The van der Waals surface area contributed by atoms with Crippen molar-refractivity contribution in [3.05, 3.63) is 23.3 Å². The van der Waals surface area contributed by atoms with Gasteiger partial charge < -0.3 is 5.32 Å². The fourth-order valence-corrected chi connectivity index (χ4v) is 3.25. The fourth-order valence-electron chi connectivity index (χ4n) is 3.25. The number of piperazine rings is 3. The summed E-state index contributed by atoms with van der Waals surface area (Å²) in [5, 5.41) is 3.48. The molecule has 0 aliphatic carbocycles. The molecule has 3 saturated heterocycles. The van der Waals surface area contributed by atoms with Crippen molar-refractivity contribution in [1.29, 1.82) is 0 Å². The summed E-state index contributed by atoms with van der Waals surface area (Å²) in [6.45, 7) is 14.2. The monoisotopic (exact) mass is 289 g/mol. The van der Waals surface area contributed by atoms with E-state index >= 15 is 0 Å². The molecule has 1 N–H and O–H groups in total. The molecular formula is C16H27N5. The lowest BCUT2D eigenvalue weighted by Crippen LogP contribution is -2.57. The minimum Gasteiger partial charge on any atom is -0.311 e. The van der Waals surface area contributed by atoms with Crippen LogP contribution in [0.3, 0.4) is 0 Å². The molecule has 0 spiro atoms. The maximum absolute atomic E-state index is 4.83. The van der Waals surface area contributed by atoms with Crippen molar-refractivity contribution in [3.63, 3.8) is 0 Å². The van der Waals surface area contributed by atoms with E-state index in [0.717, 1.165) is 49.9 Å². The Morgan fingerprint density at radius 3 is 2.62 bits per heavy atom. The lowest BCUT2D eigenvalue weighted by molar-refractivity contribution is 0.00849. The summed E-state index contributed by atoms with van der Waals surface area (Å²) in [5.74, 6) is 1.68. The first-order chi connectivity index (χ1) is 10.1. The molecule has 3 fully saturated rings. The molecular weight excluding hydrogens is 262 g/mol. The number of nitrogens with zero attached hydrogens (tertiary/aromatic N) is 4. The highest BCUT2D eigenvalue weighted by Crippen LogP contribution is 2.26. The van der Waals surface area contributed by atoms with E-state index in [-0.39, 0.29) is 0 Å². The molecule has 1 atom stereocenters. The standard InChI is InChI=1S/C16H27N5/c1-12(2)9-17-10-14-8-13(3)18-16(19-14)15-11-20-4-6-21(15)7-5-20/h8,12,15,17H,4-7,9-11H2,1-3H3. The summed E-state index contributed by atoms with van der Waals surface area (Å²) in [7, 11) is 0. The van der Waals surface area contributed by atoms with Crippen LogP contribution in [0.5, 0.6) is 0 Å². The predicted molar refractivity (Wildman–Crippen MR) is 84.1 cm³/mol. The second-order valence-electron chi connectivity index (χ2n) is 6.74. The lowest BCUT2D eigenvalue weighted by atomic mass is 10.1. The summed E-state index contributed by atoms with van der Waals surface area (Å²) in [6.07, 6.45) is 0. The van der Waals surface area contributed by atoms with Crippen LogP contribution < -0.4 is 5.32 Å². The van der Waals surface area contributed by atoms with Crippen LogP contribution in [-0.2, 0) is 6.54 Å². The van der Waals surface area contributed by atoms with Crippen LogP contribution in [0.4, 0.5) is 0 Å². The van der Waals surface area contributed by atoms with Crippen LogP contribution in [0.15, 0.2) is 6.07 Å². The van der Waals surface area contributed by atoms with Gasteiger partial charge in [-0.05, 0) is 25.5 Å². The Hall–Kier alpha value is -1.04. The molecule has 21 heavy (non-hydrogen) atoms. The molecule has 1 unspecified atom stereocenters. The molecule has 4 heterocycles. The molecule has 0 aromatic carbocycles. The molecule has 5 heteroatoms. The molecule has 1 aromatic rings. The van der Waals surface area contributed by atoms with Gasteiger partial charge in [0, 0.05) is 45.0 Å². The van der Waals surface area contributed by atoms with E-state index in [9.17, 15) is 0 Å². The van der Waals surface area contributed by atoms with Gasteiger partial charge in [0.1, 0.15) is 5.82 Å². The Balaban J connectivity index is 1.72. The summed E-state index contributed by atoms with van der Waals surface area (Å²) >= 11 is 0. The molecule has 116 valence electrons. The zero-order valence-corrected chi connectivity index (χ0v) is 13.5. The summed E-state index contributed by atoms with van der Waals surface area (Å²) < 4.78 is 0. The van der Waals surface area contributed by atoms with Gasteiger partial charge in [0.15, 0.2) is 0 Å². The van der Waals surface area contributed by atoms with Gasteiger partial charge in [0.05, 0.1) is 11.7 Å². The molecule has 5 nitrogen and oxygen atoms in total. The lowest BCUT2D eigenvalue weighted by Gasteiger charge is -2.46. The van der Waals surface area contributed by atoms with E-state index in [1.54, 1.807) is 0 Å². The first kappa shape index (κ1) is 14.9. The Bertz CT molecular complexity index is 480. The molecule has 4 rings (SSSR count). The number of rotatable bonds is 5. The van der Waals surface area contributed by atoms with Crippen molar-refractivity contribution in [2.75, 3.05) is 39.3 Å². The molecule has 2 bridgehead atoms. The molecule has 1 aromatic heterocycles. The zero-order chi connectivity index (χ0) is 14.8. The van der Waals surface area contributed by atoms with Gasteiger partial charge in [-0.2, -0.15) is 0 Å². The average Bonchev–Trinajstić information content (AvgIpc) is 2.47. The average molecular weight is 289 g/mol. The predicted octanol–water partition coefficient (Wildman–Crippen LogP) is 1.20. The van der Waals surface area contributed by atoms with Crippen molar-refractivity contribution in [2.24, 2.45) is 5.92 Å². The van der Waals surface area contributed by atoms with Crippen LogP contribution in [0.1, 0.15) is 37.1 Å². The van der Waals surface area contributed by atoms with Gasteiger partial charge >= 0.3 is 0 Å². The SMILES string of the molecule is Cc1cc(CNCC(C)C)nc(C2CN3CCN2CC3)n1. The number of aromatic nitrogens is 2. The van der Waals surface area contributed by atoms with Crippen molar-refractivity contribution < 1.29 is 0 Å². The van der Waals surface area contributed by atoms with Gasteiger partial charge in [0.2, 0.25) is 0 Å². The number of aryl methyl sites for hydroxylation is 1. The number of nitrogens with one attached hydrogen (secondary N) is 1. The van der Waals surface area contributed by atoms with Crippen molar-refractivity contribution in [3.8, 4) is 0 Å². The first-order valence-electron chi connectivity index (χ1n) is 8.13. The quantitative estimate of drug-likeness (QED) is 0.882. The van der Waals surface area contributed by atoms with Gasteiger partial charge in [-0.3, -0.25) is 9.80 Å². The Morgan fingerprint density at radius 1 is 1.24 bits per heavy atom. The van der Waals surface area contributed by atoms with Crippen LogP contribution in [0.2, 0.25) is 0 Å². The Morgan fingerprint density at radius 2 is 2.00 bits per heavy atom. The number of hydrogen-bond donors (Lipinski definition) is 1. The van der Waals surface area contributed by atoms with Crippen LogP contribution in [0.25, 0.3) is 0 Å². The van der Waals surface area contributed by atoms with E-state index in [1.807, 2.05) is 0 Å². The highest BCUT2D eigenvalue weighted by molar-refractivity contribution is 5.13. The van der Waals surface area contributed by atoms with Crippen molar-refractivity contribution in [1.82, 2.24) is 25.1 Å². The van der Waals surface area contributed by atoms with E-state index in [2.05, 4.69) is 42.0 Å². The highest BCUT2D eigenvalue weighted by atomic mass is 15.4. The maximum atomic E-state index is 4.83. The first-order valence-corrected chi connectivity index (χ1v) is 8.13. The molecule has 0 radical (unpaired) electrons. The zero-order valence-electron chi connectivity index (χ0n) is 13.5. The normalized spacial score (nSPS) is 28.3. The van der Waals surface area contributed by atoms with Gasteiger partial charge in [-0.25, -0.2) is 9.97 Å². The third-order valence-corrected chi connectivity index (χ3v) is 4.36. The van der Waals surface area contributed by atoms with Gasteiger partial charge in [0.25, 0.3) is 0 Å². The van der Waals surface area contributed by atoms with E-state index < -0.39 is 0 Å². The summed E-state index contributed by atoms with van der Waals surface area (Å²) in [4.78, 5) is 14.6. The van der Waals surface area contributed by atoms with E-state index in [1.165, 1.54) is 13.1 Å². The number of hydrogen-bond acceptors (Lipinski definition) is 5. The van der Waals surface area contributed by atoms with Crippen molar-refractivity contribution in [2.45, 2.75) is 33.4 Å². The largest absolute Gasteiger partial charge is 0.311 e. The van der Waals surface area contributed by atoms with Gasteiger partial charge in [-0.15, -0.1) is 0 Å². The topological polar surface area (TPSA) is 44.3 Å². The van der Waals surface area contributed by atoms with Crippen LogP contribution in [0, 0.1) is 12.8 Å². The highest BCUT2D eigenvalue weighted by Gasteiger charge is 2.34. The molecule has 0 saturated carbocycles. The molecule has 3 aliphatic heterocycles. The Labute approximate surface area is 127 Å². The summed E-state index contributed by atoms with van der Waals surface area (Å²) in [6, 6.07) is 2.49. The van der Waals surface area contributed by atoms with Crippen LogP contribution in [-0.4, -0.2) is 59.0 Å². The maximum Gasteiger partial charge on any atom is 0.147 e. The Kier molecular flexibility index (Phi) is 4.52. The van der Waals surface area contributed by atoms with E-state index in [4.69, 9.17) is 9.97 Å². The second-order valence-corrected chi connectivity index (χ2v) is 6.74. The third-order valence-electron chi connectivity index (χ3n) is 4.36. The fraction of sp³-hybridized carbons (Fsp3) is 0.750. The number of fused-ring (bicyclic) bond motifs is 3. The van der Waals surface area contributed by atoms with Crippen LogP contribution >= 0.6 is 0 Å². The minimum absolute atomic E-state index is 0.385. The van der Waals surface area contributed by atoms with Gasteiger partial charge in [-0.1, -0.05) is 13.8 Å². The van der Waals surface area contributed by atoms with E-state index in [0.29, 0.717) is 12.0 Å². The minimum atomic E-state index is 0.385. The third kappa shape index (κ3) is 3.59. The molecule has 3 aliphatic rings.